The smallest absolute Gasteiger partial charge is 0.247 e. The van der Waals surface area contributed by atoms with Gasteiger partial charge in [0.15, 0.2) is 0 Å². The number of nitrogens with zero attached hydrogens (tertiary/aromatic N) is 2. The molecule has 114 valence electrons. The summed E-state index contributed by atoms with van der Waals surface area (Å²) < 4.78 is 5.70. The lowest BCUT2D eigenvalue weighted by atomic mass is 10.1. The molecule has 0 spiro atoms. The van der Waals surface area contributed by atoms with Crippen molar-refractivity contribution in [3.8, 4) is 11.5 Å². The third-order valence-electron chi connectivity index (χ3n) is 3.09. The number of rotatable bonds is 5. The number of halogens is 1. The molecule has 0 saturated carbocycles. The largest absolute Gasteiger partial charge is 0.421 e. The zero-order chi connectivity index (χ0) is 15.5. The molecule has 0 fully saturated rings. The molecule has 1 heterocycles. The fourth-order valence-corrected chi connectivity index (χ4v) is 2.07. The summed E-state index contributed by atoms with van der Waals surface area (Å²) in [6, 6.07) is 5.71. The monoisotopic (exact) mass is 307 g/mol. The first-order chi connectivity index (χ1) is 9.85. The molecular weight excluding hydrogens is 286 g/mol. The van der Waals surface area contributed by atoms with Gasteiger partial charge in [0.1, 0.15) is 0 Å². The number of aromatic nitrogens is 2. The molecular formula is C16H22ClN3O. The van der Waals surface area contributed by atoms with Crippen molar-refractivity contribution in [2.45, 2.75) is 46.1 Å². The maximum absolute atomic E-state index is 6.02. The van der Waals surface area contributed by atoms with Crippen LogP contribution in [0, 0.1) is 6.92 Å². The average molecular weight is 308 g/mol. The first-order valence-electron chi connectivity index (χ1n) is 7.19. The van der Waals surface area contributed by atoms with E-state index in [1.807, 2.05) is 25.1 Å². The van der Waals surface area contributed by atoms with Gasteiger partial charge in [0, 0.05) is 22.5 Å². The van der Waals surface area contributed by atoms with Crippen molar-refractivity contribution in [2.75, 3.05) is 6.54 Å². The fourth-order valence-electron chi connectivity index (χ4n) is 1.95. The summed E-state index contributed by atoms with van der Waals surface area (Å²) in [5.41, 5.74) is 2.05. The van der Waals surface area contributed by atoms with Crippen LogP contribution in [0.2, 0.25) is 5.02 Å². The third kappa shape index (κ3) is 4.83. The zero-order valence-corrected chi connectivity index (χ0v) is 13.8. The summed E-state index contributed by atoms with van der Waals surface area (Å²) in [5.74, 6) is 1.22. The van der Waals surface area contributed by atoms with Crippen molar-refractivity contribution in [2.24, 2.45) is 0 Å². The summed E-state index contributed by atoms with van der Waals surface area (Å²) >= 11 is 6.02. The number of aryl methyl sites for hydroxylation is 2. The summed E-state index contributed by atoms with van der Waals surface area (Å²) in [4.78, 5) is 0. The Hall–Kier alpha value is -1.39. The normalized spacial score (nSPS) is 11.9. The van der Waals surface area contributed by atoms with Gasteiger partial charge in [0.05, 0.1) is 0 Å². The van der Waals surface area contributed by atoms with E-state index in [0.29, 0.717) is 11.8 Å². The molecule has 0 radical (unpaired) electrons. The minimum atomic E-state index is 0.140. The van der Waals surface area contributed by atoms with Crippen LogP contribution in [0.1, 0.15) is 38.6 Å². The molecule has 0 unspecified atom stereocenters. The Morgan fingerprint density at radius 2 is 2.00 bits per heavy atom. The summed E-state index contributed by atoms with van der Waals surface area (Å²) in [7, 11) is 0. The topological polar surface area (TPSA) is 51.0 Å². The highest BCUT2D eigenvalue weighted by Gasteiger charge is 2.11. The third-order valence-corrected chi connectivity index (χ3v) is 3.52. The Labute approximate surface area is 130 Å². The molecule has 0 aliphatic carbocycles. The van der Waals surface area contributed by atoms with E-state index in [0.717, 1.165) is 35.5 Å². The zero-order valence-electron chi connectivity index (χ0n) is 13.0. The fraction of sp³-hybridized carbons (Fsp3) is 0.500. The lowest BCUT2D eigenvalue weighted by Gasteiger charge is -2.19. The Balaban J connectivity index is 1.93. The first-order valence-corrected chi connectivity index (χ1v) is 7.57. The predicted octanol–water partition coefficient (Wildman–Crippen LogP) is 4.02. The molecule has 2 rings (SSSR count). The van der Waals surface area contributed by atoms with Crippen LogP contribution in [0.15, 0.2) is 22.6 Å². The van der Waals surface area contributed by atoms with E-state index in [1.54, 1.807) is 0 Å². The van der Waals surface area contributed by atoms with E-state index in [4.69, 9.17) is 16.0 Å². The molecule has 0 aliphatic heterocycles. The van der Waals surface area contributed by atoms with Gasteiger partial charge < -0.3 is 9.73 Å². The minimum absolute atomic E-state index is 0.140. The van der Waals surface area contributed by atoms with E-state index in [1.165, 1.54) is 0 Å². The Bertz CT molecular complexity index is 602. The molecule has 5 heteroatoms. The lowest BCUT2D eigenvalue weighted by molar-refractivity contribution is 0.412. The maximum Gasteiger partial charge on any atom is 0.247 e. The van der Waals surface area contributed by atoms with E-state index in [9.17, 15) is 0 Å². The lowest BCUT2D eigenvalue weighted by Crippen LogP contribution is -2.36. The summed E-state index contributed by atoms with van der Waals surface area (Å²) in [5, 5.41) is 12.4. The molecule has 0 amide bonds. The summed E-state index contributed by atoms with van der Waals surface area (Å²) in [6.45, 7) is 9.35. The number of nitrogens with one attached hydrogen (secondary N) is 1. The molecule has 1 aromatic carbocycles. The highest BCUT2D eigenvalue weighted by atomic mass is 35.5. The second kappa shape index (κ2) is 6.58. The summed E-state index contributed by atoms with van der Waals surface area (Å²) in [6.07, 6.45) is 1.75. The maximum atomic E-state index is 6.02. The number of hydrogen-bond acceptors (Lipinski definition) is 4. The number of benzene rings is 1. The highest BCUT2D eigenvalue weighted by molar-refractivity contribution is 6.31. The van der Waals surface area contributed by atoms with E-state index in [-0.39, 0.29) is 5.54 Å². The van der Waals surface area contributed by atoms with Crippen molar-refractivity contribution in [1.29, 1.82) is 0 Å². The molecule has 21 heavy (non-hydrogen) atoms. The van der Waals surface area contributed by atoms with Crippen molar-refractivity contribution in [3.63, 3.8) is 0 Å². The molecule has 2 aromatic rings. The van der Waals surface area contributed by atoms with Crippen molar-refractivity contribution in [3.05, 3.63) is 34.7 Å². The van der Waals surface area contributed by atoms with Crippen LogP contribution in [-0.4, -0.2) is 22.3 Å². The van der Waals surface area contributed by atoms with Gasteiger partial charge in [-0.25, -0.2) is 0 Å². The van der Waals surface area contributed by atoms with Crippen LogP contribution in [0.4, 0.5) is 0 Å². The Morgan fingerprint density at radius 1 is 1.24 bits per heavy atom. The van der Waals surface area contributed by atoms with Gasteiger partial charge in [-0.05, 0) is 64.4 Å². The van der Waals surface area contributed by atoms with Gasteiger partial charge in [0.2, 0.25) is 11.8 Å². The van der Waals surface area contributed by atoms with Crippen molar-refractivity contribution < 1.29 is 4.42 Å². The molecule has 0 atom stereocenters. The molecule has 0 aliphatic rings. The van der Waals surface area contributed by atoms with Gasteiger partial charge in [-0.3, -0.25) is 0 Å². The van der Waals surface area contributed by atoms with Crippen LogP contribution in [-0.2, 0) is 6.42 Å². The standard InChI is InChI=1S/C16H22ClN3O/c1-11-10-12(7-8-13(11)17)15-20-19-14(21-15)6-5-9-18-16(2,3)4/h7-8,10,18H,5-6,9H2,1-4H3. The van der Waals surface area contributed by atoms with Gasteiger partial charge in [-0.2, -0.15) is 0 Å². The molecule has 0 saturated heterocycles. The minimum Gasteiger partial charge on any atom is -0.421 e. The number of hydrogen-bond donors (Lipinski definition) is 1. The highest BCUT2D eigenvalue weighted by Crippen LogP contribution is 2.23. The average Bonchev–Trinajstić information content (AvgIpc) is 2.86. The van der Waals surface area contributed by atoms with Crippen LogP contribution < -0.4 is 5.32 Å². The van der Waals surface area contributed by atoms with Crippen molar-refractivity contribution >= 4 is 11.6 Å². The second-order valence-electron chi connectivity index (χ2n) is 6.25. The van der Waals surface area contributed by atoms with E-state index in [2.05, 4.69) is 36.3 Å². The first kappa shape index (κ1) is 16.0. The van der Waals surface area contributed by atoms with Crippen LogP contribution in [0.5, 0.6) is 0 Å². The van der Waals surface area contributed by atoms with Gasteiger partial charge in [0.25, 0.3) is 0 Å². The Kier molecular flexibility index (Phi) is 5.01. The molecule has 1 N–H and O–H groups in total. The molecule has 4 nitrogen and oxygen atoms in total. The van der Waals surface area contributed by atoms with Gasteiger partial charge in [-0.15, -0.1) is 10.2 Å². The van der Waals surface area contributed by atoms with E-state index >= 15 is 0 Å². The predicted molar refractivity (Wildman–Crippen MR) is 85.6 cm³/mol. The van der Waals surface area contributed by atoms with Gasteiger partial charge >= 0.3 is 0 Å². The van der Waals surface area contributed by atoms with Crippen molar-refractivity contribution in [1.82, 2.24) is 15.5 Å². The van der Waals surface area contributed by atoms with E-state index < -0.39 is 0 Å². The SMILES string of the molecule is Cc1cc(-c2nnc(CCCNC(C)(C)C)o2)ccc1Cl. The molecule has 1 aromatic heterocycles. The van der Waals surface area contributed by atoms with Crippen LogP contribution >= 0.6 is 11.6 Å². The molecule has 0 bridgehead atoms. The quantitative estimate of drug-likeness (QED) is 0.848. The second-order valence-corrected chi connectivity index (χ2v) is 6.65. The van der Waals surface area contributed by atoms with Crippen LogP contribution in [0.25, 0.3) is 11.5 Å². The van der Waals surface area contributed by atoms with Gasteiger partial charge in [-0.1, -0.05) is 11.6 Å². The van der Waals surface area contributed by atoms with Crippen LogP contribution in [0.3, 0.4) is 0 Å². The Morgan fingerprint density at radius 3 is 2.67 bits per heavy atom.